The summed E-state index contributed by atoms with van der Waals surface area (Å²) >= 11 is 18.0. The third-order valence-electron chi connectivity index (χ3n) is 4.12. The molecule has 1 N–H and O–H groups in total. The van der Waals surface area contributed by atoms with Gasteiger partial charge in [0, 0.05) is 18.1 Å². The molecule has 0 aliphatic heterocycles. The molecule has 0 aliphatic carbocycles. The minimum absolute atomic E-state index is 0.165. The van der Waals surface area contributed by atoms with Crippen LogP contribution in [-0.4, -0.2) is 29.3 Å². The molecule has 0 unspecified atom stereocenters. The predicted molar refractivity (Wildman–Crippen MR) is 110 cm³/mol. The van der Waals surface area contributed by atoms with Gasteiger partial charge in [-0.3, -0.25) is 9.59 Å². The summed E-state index contributed by atoms with van der Waals surface area (Å²) in [6.07, 6.45) is 0.169. The standard InChI is InChI=1S/C20H21Cl3N2O2/c1-3-24-20(27)13(2)25(12-15-6-9-17(22)18(23)10-15)19(26)11-14-4-7-16(21)8-5-14/h4-10,13H,3,11-12H2,1-2H3,(H,24,27)/t13-/m0/s1. The van der Waals surface area contributed by atoms with E-state index < -0.39 is 6.04 Å². The number of nitrogens with zero attached hydrogens (tertiary/aromatic N) is 1. The van der Waals surface area contributed by atoms with Gasteiger partial charge in [-0.25, -0.2) is 0 Å². The molecule has 2 amide bonds. The first-order valence-corrected chi connectivity index (χ1v) is 9.70. The van der Waals surface area contributed by atoms with Crippen molar-refractivity contribution >= 4 is 46.6 Å². The molecule has 0 saturated carbocycles. The van der Waals surface area contributed by atoms with Crippen LogP contribution in [0.2, 0.25) is 15.1 Å². The van der Waals surface area contributed by atoms with E-state index in [0.717, 1.165) is 11.1 Å². The molecule has 4 nitrogen and oxygen atoms in total. The van der Waals surface area contributed by atoms with E-state index >= 15 is 0 Å². The van der Waals surface area contributed by atoms with Crippen LogP contribution in [0.25, 0.3) is 0 Å². The lowest BCUT2D eigenvalue weighted by atomic mass is 10.1. The number of rotatable bonds is 7. The Kier molecular flexibility index (Phi) is 7.96. The van der Waals surface area contributed by atoms with E-state index in [9.17, 15) is 9.59 Å². The minimum Gasteiger partial charge on any atom is -0.355 e. The Labute approximate surface area is 174 Å². The molecule has 0 saturated heterocycles. The van der Waals surface area contributed by atoms with Gasteiger partial charge < -0.3 is 10.2 Å². The van der Waals surface area contributed by atoms with E-state index in [1.165, 1.54) is 0 Å². The van der Waals surface area contributed by atoms with E-state index in [4.69, 9.17) is 34.8 Å². The molecule has 0 fully saturated rings. The fourth-order valence-corrected chi connectivity index (χ4v) is 3.06. The number of nitrogens with one attached hydrogen (secondary N) is 1. The van der Waals surface area contributed by atoms with Crippen LogP contribution in [0.5, 0.6) is 0 Å². The predicted octanol–water partition coefficient (Wildman–Crippen LogP) is 4.74. The highest BCUT2D eigenvalue weighted by atomic mass is 35.5. The van der Waals surface area contributed by atoms with Crippen LogP contribution in [0.4, 0.5) is 0 Å². The SMILES string of the molecule is CCNC(=O)[C@H](C)N(Cc1ccc(Cl)c(Cl)c1)C(=O)Cc1ccc(Cl)cc1. The number of amides is 2. The molecule has 1 atom stereocenters. The van der Waals surface area contributed by atoms with Crippen LogP contribution in [0.15, 0.2) is 42.5 Å². The van der Waals surface area contributed by atoms with Crippen LogP contribution in [0, 0.1) is 0 Å². The third kappa shape index (κ3) is 6.13. The zero-order chi connectivity index (χ0) is 20.0. The van der Waals surface area contributed by atoms with Gasteiger partial charge in [-0.2, -0.15) is 0 Å². The summed E-state index contributed by atoms with van der Waals surface area (Å²) in [4.78, 5) is 26.8. The van der Waals surface area contributed by atoms with E-state index in [0.29, 0.717) is 21.6 Å². The molecule has 7 heteroatoms. The van der Waals surface area contributed by atoms with Gasteiger partial charge in [-0.1, -0.05) is 53.0 Å². The van der Waals surface area contributed by atoms with Gasteiger partial charge in [0.15, 0.2) is 0 Å². The smallest absolute Gasteiger partial charge is 0.242 e. The Hall–Kier alpha value is -1.75. The topological polar surface area (TPSA) is 49.4 Å². The second-order valence-electron chi connectivity index (χ2n) is 6.14. The summed E-state index contributed by atoms with van der Waals surface area (Å²) in [5, 5.41) is 4.22. The molecule has 27 heavy (non-hydrogen) atoms. The van der Waals surface area contributed by atoms with E-state index in [1.807, 2.05) is 6.92 Å². The van der Waals surface area contributed by atoms with E-state index in [1.54, 1.807) is 54.3 Å². The summed E-state index contributed by atoms with van der Waals surface area (Å²) in [6, 6.07) is 11.6. The second-order valence-corrected chi connectivity index (χ2v) is 7.39. The highest BCUT2D eigenvalue weighted by Gasteiger charge is 2.26. The van der Waals surface area contributed by atoms with E-state index in [-0.39, 0.29) is 24.8 Å². The monoisotopic (exact) mass is 426 g/mol. The number of hydrogen-bond donors (Lipinski definition) is 1. The first-order chi connectivity index (χ1) is 12.8. The van der Waals surface area contributed by atoms with Crippen molar-refractivity contribution in [3.8, 4) is 0 Å². The van der Waals surface area contributed by atoms with Crippen molar-refractivity contribution in [3.05, 3.63) is 68.7 Å². The molecule has 2 aromatic rings. The van der Waals surface area contributed by atoms with Crippen LogP contribution in [-0.2, 0) is 22.6 Å². The summed E-state index contributed by atoms with van der Waals surface area (Å²) in [5.41, 5.74) is 1.62. The van der Waals surface area contributed by atoms with Gasteiger partial charge in [0.2, 0.25) is 11.8 Å². The Morgan fingerprint density at radius 1 is 1.00 bits per heavy atom. The molecule has 0 heterocycles. The van der Waals surface area contributed by atoms with E-state index in [2.05, 4.69) is 5.32 Å². The van der Waals surface area contributed by atoms with Gasteiger partial charge in [0.25, 0.3) is 0 Å². The average molecular weight is 428 g/mol. The van der Waals surface area contributed by atoms with Crippen LogP contribution in [0.3, 0.4) is 0 Å². The molecule has 0 bridgehead atoms. The maximum atomic E-state index is 13.0. The van der Waals surface area contributed by atoms with Crippen molar-refractivity contribution < 1.29 is 9.59 Å². The summed E-state index contributed by atoms with van der Waals surface area (Å²) < 4.78 is 0. The van der Waals surface area contributed by atoms with Crippen molar-refractivity contribution in [1.82, 2.24) is 10.2 Å². The number of carbonyl (C=O) groups is 2. The maximum Gasteiger partial charge on any atom is 0.242 e. The molecule has 0 aromatic heterocycles. The molecular formula is C20H21Cl3N2O2. The Morgan fingerprint density at radius 2 is 1.63 bits per heavy atom. The molecule has 2 aromatic carbocycles. The fraction of sp³-hybridized carbons (Fsp3) is 0.300. The lowest BCUT2D eigenvalue weighted by Crippen LogP contribution is -2.48. The average Bonchev–Trinajstić information content (AvgIpc) is 2.64. The Morgan fingerprint density at radius 3 is 2.22 bits per heavy atom. The van der Waals surface area contributed by atoms with Crippen molar-refractivity contribution in [2.24, 2.45) is 0 Å². The number of benzene rings is 2. The number of carbonyl (C=O) groups excluding carboxylic acids is 2. The minimum atomic E-state index is -0.626. The first-order valence-electron chi connectivity index (χ1n) is 8.57. The Bertz CT molecular complexity index is 809. The van der Waals surface area contributed by atoms with Crippen LogP contribution in [0.1, 0.15) is 25.0 Å². The van der Waals surface area contributed by atoms with Crippen molar-refractivity contribution in [2.75, 3.05) is 6.54 Å². The van der Waals surface area contributed by atoms with Crippen LogP contribution < -0.4 is 5.32 Å². The zero-order valence-corrected chi connectivity index (χ0v) is 17.4. The third-order valence-corrected chi connectivity index (χ3v) is 5.11. The Balaban J connectivity index is 2.24. The van der Waals surface area contributed by atoms with Gasteiger partial charge in [0.05, 0.1) is 16.5 Å². The lowest BCUT2D eigenvalue weighted by Gasteiger charge is -2.29. The molecule has 2 rings (SSSR count). The number of halogens is 3. The molecule has 0 aliphatic rings. The zero-order valence-electron chi connectivity index (χ0n) is 15.1. The molecule has 0 spiro atoms. The first kappa shape index (κ1) is 21.5. The summed E-state index contributed by atoms with van der Waals surface area (Å²) in [6.45, 7) is 4.29. The highest BCUT2D eigenvalue weighted by molar-refractivity contribution is 6.42. The lowest BCUT2D eigenvalue weighted by molar-refractivity contribution is -0.140. The normalized spacial score (nSPS) is 11.7. The highest BCUT2D eigenvalue weighted by Crippen LogP contribution is 2.24. The van der Waals surface area contributed by atoms with Crippen molar-refractivity contribution in [3.63, 3.8) is 0 Å². The van der Waals surface area contributed by atoms with Crippen molar-refractivity contribution in [2.45, 2.75) is 32.9 Å². The summed E-state index contributed by atoms with van der Waals surface area (Å²) in [5.74, 6) is -0.371. The second kappa shape index (κ2) is 9.98. The number of likely N-dealkylation sites (N-methyl/N-ethyl adjacent to an activating group) is 1. The molecule has 144 valence electrons. The largest absolute Gasteiger partial charge is 0.355 e. The fourth-order valence-electron chi connectivity index (χ4n) is 2.62. The maximum absolute atomic E-state index is 13.0. The quantitative estimate of drug-likeness (QED) is 0.693. The summed E-state index contributed by atoms with van der Waals surface area (Å²) in [7, 11) is 0. The van der Waals surface area contributed by atoms with Gasteiger partial charge >= 0.3 is 0 Å². The van der Waals surface area contributed by atoms with Gasteiger partial charge in [-0.15, -0.1) is 0 Å². The van der Waals surface area contributed by atoms with Gasteiger partial charge in [-0.05, 0) is 49.2 Å². The van der Waals surface area contributed by atoms with Gasteiger partial charge in [0.1, 0.15) is 6.04 Å². The number of hydrogen-bond acceptors (Lipinski definition) is 2. The molecular weight excluding hydrogens is 407 g/mol. The van der Waals surface area contributed by atoms with Crippen LogP contribution >= 0.6 is 34.8 Å². The van der Waals surface area contributed by atoms with Crippen molar-refractivity contribution in [1.29, 1.82) is 0 Å². The molecule has 0 radical (unpaired) electrons.